The molecule has 0 bridgehead atoms. The van der Waals surface area contributed by atoms with Crippen LogP contribution in [0.1, 0.15) is 27.2 Å². The fourth-order valence-corrected chi connectivity index (χ4v) is 2.50. The molecule has 0 radical (unpaired) electrons. The Kier molecular flexibility index (Phi) is 3.62. The zero-order valence-corrected chi connectivity index (χ0v) is 9.00. The van der Waals surface area contributed by atoms with Gasteiger partial charge in [-0.2, -0.15) is 0 Å². The maximum atomic E-state index is 11.2. The van der Waals surface area contributed by atoms with Crippen LogP contribution in [0.5, 0.6) is 0 Å². The second kappa shape index (κ2) is 4.33. The van der Waals surface area contributed by atoms with Crippen LogP contribution in [0.3, 0.4) is 0 Å². The maximum Gasteiger partial charge on any atom is 0.319 e. The van der Waals surface area contributed by atoms with Crippen molar-refractivity contribution in [3.8, 4) is 0 Å². The molecule has 0 aromatic rings. The van der Waals surface area contributed by atoms with Crippen molar-refractivity contribution in [3.63, 3.8) is 0 Å². The quantitative estimate of drug-likeness (QED) is 0.702. The van der Waals surface area contributed by atoms with Crippen LogP contribution in [0.15, 0.2) is 0 Å². The molecule has 0 amide bonds. The summed E-state index contributed by atoms with van der Waals surface area (Å²) in [5, 5.41) is 9.26. The van der Waals surface area contributed by atoms with Crippen molar-refractivity contribution < 1.29 is 14.6 Å². The lowest BCUT2D eigenvalue weighted by molar-refractivity contribution is -0.140. The number of rotatable bonds is 3. The lowest BCUT2D eigenvalue weighted by atomic mass is 10.2. The van der Waals surface area contributed by atoms with Gasteiger partial charge >= 0.3 is 5.97 Å². The highest BCUT2D eigenvalue weighted by atomic mass is 32.2. The molecule has 1 saturated heterocycles. The van der Waals surface area contributed by atoms with E-state index in [2.05, 4.69) is 0 Å². The number of aliphatic hydroxyl groups excluding tert-OH is 1. The average Bonchev–Trinajstić information content (AvgIpc) is 2.30. The van der Waals surface area contributed by atoms with Gasteiger partial charge < -0.3 is 9.84 Å². The molecule has 1 heterocycles. The number of aliphatic hydroxyl groups is 1. The molecule has 76 valence electrons. The number of ether oxygens (including phenoxy) is 1. The number of hydrogen-bond acceptors (Lipinski definition) is 4. The molecule has 1 aliphatic rings. The van der Waals surface area contributed by atoms with Crippen LogP contribution in [-0.2, 0) is 9.53 Å². The van der Waals surface area contributed by atoms with Crippen LogP contribution in [0, 0.1) is 0 Å². The van der Waals surface area contributed by atoms with Crippen LogP contribution in [-0.4, -0.2) is 33.8 Å². The molecule has 0 unspecified atom stereocenters. The van der Waals surface area contributed by atoms with Gasteiger partial charge in [0.1, 0.15) is 11.4 Å². The minimum atomic E-state index is -0.381. The first kappa shape index (κ1) is 10.9. The van der Waals surface area contributed by atoms with E-state index in [1.165, 1.54) is 11.8 Å². The second-order valence-electron chi connectivity index (χ2n) is 3.55. The molecule has 0 aliphatic carbocycles. The minimum absolute atomic E-state index is 0.0335. The van der Waals surface area contributed by atoms with Gasteiger partial charge in [0, 0.05) is 11.7 Å². The molecule has 4 atom stereocenters. The monoisotopic (exact) mass is 204 g/mol. The van der Waals surface area contributed by atoms with Crippen molar-refractivity contribution in [2.45, 2.75) is 49.9 Å². The lowest BCUT2D eigenvalue weighted by Crippen LogP contribution is -2.21. The second-order valence-corrected chi connectivity index (χ2v) is 5.14. The predicted octanol–water partition coefficient (Wildman–Crippen LogP) is 1.19. The molecule has 4 heteroatoms. The zero-order chi connectivity index (χ0) is 10.0. The van der Waals surface area contributed by atoms with E-state index < -0.39 is 0 Å². The first-order valence-electron chi connectivity index (χ1n) is 4.54. The van der Waals surface area contributed by atoms with Gasteiger partial charge in [0.15, 0.2) is 0 Å². The molecular weight excluding hydrogens is 188 g/mol. The van der Waals surface area contributed by atoms with E-state index >= 15 is 0 Å². The fourth-order valence-electron chi connectivity index (χ4n) is 1.20. The van der Waals surface area contributed by atoms with Gasteiger partial charge in [-0.1, -0.05) is 6.92 Å². The normalized spacial score (nSPS) is 32.8. The third kappa shape index (κ3) is 2.88. The number of carbonyl (C=O) groups excluding carboxylic acids is 1. The average molecular weight is 204 g/mol. The Labute approximate surface area is 82.8 Å². The highest BCUT2D eigenvalue weighted by Gasteiger charge is 2.34. The number of carbonyl (C=O) groups is 1. The van der Waals surface area contributed by atoms with Gasteiger partial charge in [-0.25, -0.2) is 0 Å². The fraction of sp³-hybridized carbons (Fsp3) is 0.889. The summed E-state index contributed by atoms with van der Waals surface area (Å²) in [7, 11) is 0. The SMILES string of the molecule is C[C@@H]1C[C@H](S[C@H](C)[C@H](C)O)C(=O)O1. The summed E-state index contributed by atoms with van der Waals surface area (Å²) in [4.78, 5) is 11.2. The number of cyclic esters (lactones) is 1. The molecular formula is C9H16O3S. The van der Waals surface area contributed by atoms with Crippen LogP contribution in [0.2, 0.25) is 0 Å². The highest BCUT2D eigenvalue weighted by molar-refractivity contribution is 8.01. The number of thioether (sulfide) groups is 1. The van der Waals surface area contributed by atoms with Gasteiger partial charge in [-0.3, -0.25) is 4.79 Å². The van der Waals surface area contributed by atoms with Gasteiger partial charge in [-0.15, -0.1) is 11.8 Å². The van der Waals surface area contributed by atoms with Gasteiger partial charge in [0.25, 0.3) is 0 Å². The van der Waals surface area contributed by atoms with Crippen LogP contribution in [0.4, 0.5) is 0 Å². The Bertz CT molecular complexity index is 193. The standard InChI is InChI=1S/C9H16O3S/c1-5-4-8(9(11)12-5)13-7(3)6(2)10/h5-8,10H,4H2,1-3H3/t5-,6+,7-,8+/m1/s1. The summed E-state index contributed by atoms with van der Waals surface area (Å²) < 4.78 is 5.01. The van der Waals surface area contributed by atoms with Crippen molar-refractivity contribution in [1.82, 2.24) is 0 Å². The minimum Gasteiger partial charge on any atom is -0.462 e. The maximum absolute atomic E-state index is 11.2. The van der Waals surface area contributed by atoms with Crippen molar-refractivity contribution in [1.29, 1.82) is 0 Å². The lowest BCUT2D eigenvalue weighted by Gasteiger charge is -2.16. The first-order valence-corrected chi connectivity index (χ1v) is 5.49. The molecule has 3 nitrogen and oxygen atoms in total. The highest BCUT2D eigenvalue weighted by Crippen LogP contribution is 2.30. The zero-order valence-electron chi connectivity index (χ0n) is 8.19. The Morgan fingerprint density at radius 3 is 2.62 bits per heavy atom. The van der Waals surface area contributed by atoms with E-state index in [1.54, 1.807) is 6.92 Å². The van der Waals surface area contributed by atoms with Crippen molar-refractivity contribution >= 4 is 17.7 Å². The summed E-state index contributed by atoms with van der Waals surface area (Å²) in [5.41, 5.74) is 0. The molecule has 0 aromatic heterocycles. The van der Waals surface area contributed by atoms with E-state index in [-0.39, 0.29) is 28.7 Å². The Balaban J connectivity index is 2.41. The number of esters is 1. The van der Waals surface area contributed by atoms with E-state index in [1.807, 2.05) is 13.8 Å². The van der Waals surface area contributed by atoms with E-state index in [0.29, 0.717) is 0 Å². The van der Waals surface area contributed by atoms with Crippen LogP contribution in [0.25, 0.3) is 0 Å². The topological polar surface area (TPSA) is 46.5 Å². The Morgan fingerprint density at radius 2 is 2.23 bits per heavy atom. The third-order valence-electron chi connectivity index (χ3n) is 2.18. The summed E-state index contributed by atoms with van der Waals surface area (Å²) in [5.74, 6) is -0.134. The van der Waals surface area contributed by atoms with Crippen molar-refractivity contribution in [2.24, 2.45) is 0 Å². The first-order chi connectivity index (χ1) is 6.00. The third-order valence-corrected chi connectivity index (χ3v) is 3.72. The summed E-state index contributed by atoms with van der Waals surface area (Å²) in [6, 6.07) is 0. The van der Waals surface area contributed by atoms with E-state index in [9.17, 15) is 9.90 Å². The molecule has 0 saturated carbocycles. The molecule has 1 fully saturated rings. The van der Waals surface area contributed by atoms with Crippen molar-refractivity contribution in [3.05, 3.63) is 0 Å². The Morgan fingerprint density at radius 1 is 1.62 bits per heavy atom. The largest absolute Gasteiger partial charge is 0.462 e. The molecule has 1 rings (SSSR count). The molecule has 1 N–H and O–H groups in total. The molecule has 13 heavy (non-hydrogen) atoms. The van der Waals surface area contributed by atoms with Crippen LogP contribution >= 0.6 is 11.8 Å². The molecule has 0 aromatic carbocycles. The summed E-state index contributed by atoms with van der Waals surface area (Å²) in [6.45, 7) is 5.55. The molecule has 0 spiro atoms. The summed E-state index contributed by atoms with van der Waals surface area (Å²) in [6.07, 6.45) is 0.417. The van der Waals surface area contributed by atoms with Gasteiger partial charge in [0.2, 0.25) is 0 Å². The van der Waals surface area contributed by atoms with Crippen LogP contribution < -0.4 is 0 Å². The summed E-state index contributed by atoms with van der Waals surface area (Å²) >= 11 is 1.50. The van der Waals surface area contributed by atoms with Crippen molar-refractivity contribution in [2.75, 3.05) is 0 Å². The smallest absolute Gasteiger partial charge is 0.319 e. The Hall–Kier alpha value is -0.220. The van der Waals surface area contributed by atoms with Gasteiger partial charge in [-0.05, 0) is 13.8 Å². The molecule has 1 aliphatic heterocycles. The van der Waals surface area contributed by atoms with Gasteiger partial charge in [0.05, 0.1) is 6.10 Å². The predicted molar refractivity (Wildman–Crippen MR) is 52.7 cm³/mol. The van der Waals surface area contributed by atoms with E-state index in [4.69, 9.17) is 4.74 Å². The van der Waals surface area contributed by atoms with E-state index in [0.717, 1.165) is 6.42 Å². The number of hydrogen-bond donors (Lipinski definition) is 1.